The van der Waals surface area contributed by atoms with E-state index in [0.29, 0.717) is 5.52 Å². The van der Waals surface area contributed by atoms with Gasteiger partial charge < -0.3 is 10.0 Å². The lowest BCUT2D eigenvalue weighted by Crippen LogP contribution is -2.21. The average molecular weight is 400 g/mol. The summed E-state index contributed by atoms with van der Waals surface area (Å²) in [5.74, 6) is 1.09. The molecule has 4 rings (SSSR count). The zero-order chi connectivity index (χ0) is 21.3. The van der Waals surface area contributed by atoms with Crippen LogP contribution in [0.1, 0.15) is 28.6 Å². The topological polar surface area (TPSA) is 62.5 Å². The normalized spacial score (nSPS) is 12.0. The second-order valence-corrected chi connectivity index (χ2v) is 7.84. The molecule has 1 atom stereocenters. The fourth-order valence-corrected chi connectivity index (χ4v) is 3.65. The molecule has 0 radical (unpaired) electrons. The smallest absolute Gasteiger partial charge is 0.273 e. The van der Waals surface area contributed by atoms with Gasteiger partial charge in [0.05, 0.1) is 5.69 Å². The van der Waals surface area contributed by atoms with Crippen LogP contribution in [0.15, 0.2) is 66.7 Å². The Bertz CT molecular complexity index is 1190. The Morgan fingerprint density at radius 1 is 0.933 bits per heavy atom. The Morgan fingerprint density at radius 2 is 1.67 bits per heavy atom. The molecule has 0 aliphatic carbocycles. The van der Waals surface area contributed by atoms with Crippen LogP contribution in [-0.4, -0.2) is 24.2 Å². The summed E-state index contributed by atoms with van der Waals surface area (Å²) in [7, 11) is 4.05. The van der Waals surface area contributed by atoms with Gasteiger partial charge in [-0.05, 0) is 44.2 Å². The Kier molecular flexibility index (Phi) is 5.27. The number of benzene rings is 2. The van der Waals surface area contributed by atoms with Crippen LogP contribution in [0.5, 0.6) is 5.75 Å². The summed E-state index contributed by atoms with van der Waals surface area (Å²) in [5.41, 5.74) is 5.52. The first-order chi connectivity index (χ1) is 14.4. The van der Waals surface area contributed by atoms with E-state index in [2.05, 4.69) is 44.5 Å². The molecule has 152 valence electrons. The van der Waals surface area contributed by atoms with Gasteiger partial charge in [0.1, 0.15) is 17.3 Å². The van der Waals surface area contributed by atoms with Gasteiger partial charge in [-0.3, -0.25) is 5.32 Å². The van der Waals surface area contributed by atoms with Crippen molar-refractivity contribution < 1.29 is 10.1 Å². The Hall–Kier alpha value is -3.60. The molecule has 30 heavy (non-hydrogen) atoms. The van der Waals surface area contributed by atoms with Crippen LogP contribution in [0, 0.1) is 13.8 Å². The molecule has 0 aliphatic heterocycles. The molecule has 0 fully saturated rings. The van der Waals surface area contributed by atoms with E-state index in [4.69, 9.17) is 0 Å². The van der Waals surface area contributed by atoms with E-state index in [1.807, 2.05) is 70.4 Å². The van der Waals surface area contributed by atoms with Gasteiger partial charge in [0, 0.05) is 48.1 Å². The number of aromatic nitrogens is 2. The minimum atomic E-state index is -0.244. The molecule has 4 aromatic rings. The first-order valence-corrected chi connectivity index (χ1v) is 10.0. The van der Waals surface area contributed by atoms with Crippen molar-refractivity contribution in [2.24, 2.45) is 0 Å². The number of aromatic amines is 1. The third-order valence-electron chi connectivity index (χ3n) is 5.30. The molecule has 0 bridgehead atoms. The second kappa shape index (κ2) is 8.03. The van der Waals surface area contributed by atoms with E-state index in [1.54, 1.807) is 0 Å². The maximum absolute atomic E-state index is 11.2. The van der Waals surface area contributed by atoms with Gasteiger partial charge in [-0.1, -0.05) is 30.3 Å². The standard InChI is InChI=1S/C25H26N4O/c1-16-6-5-7-22(26-16)28-23(18-10-13-20(14-11-18)29(3)4)21-15-12-19-9-8-17(2)27-24(19)25(21)30/h5-15,23,30H,1-4H3,(H,26,28)/p+1/t23-/m1/s1. The highest BCUT2D eigenvalue weighted by Gasteiger charge is 2.24. The van der Waals surface area contributed by atoms with Crippen LogP contribution in [0.4, 0.5) is 11.5 Å². The van der Waals surface area contributed by atoms with Crippen molar-refractivity contribution in [3.63, 3.8) is 0 Å². The predicted molar refractivity (Wildman–Crippen MR) is 122 cm³/mol. The van der Waals surface area contributed by atoms with Crippen molar-refractivity contribution in [1.29, 1.82) is 0 Å². The van der Waals surface area contributed by atoms with Crippen molar-refractivity contribution in [3.8, 4) is 5.75 Å². The summed E-state index contributed by atoms with van der Waals surface area (Å²) < 4.78 is 0. The number of hydrogen-bond donors (Lipinski definition) is 2. The summed E-state index contributed by atoms with van der Waals surface area (Å²) in [6.45, 7) is 3.95. The van der Waals surface area contributed by atoms with E-state index < -0.39 is 0 Å². The number of pyridine rings is 2. The molecule has 2 aromatic carbocycles. The van der Waals surface area contributed by atoms with Gasteiger partial charge >= 0.3 is 0 Å². The van der Waals surface area contributed by atoms with E-state index in [-0.39, 0.29) is 11.8 Å². The van der Waals surface area contributed by atoms with E-state index in [9.17, 15) is 5.11 Å². The third-order valence-corrected chi connectivity index (χ3v) is 5.30. The lowest BCUT2D eigenvalue weighted by molar-refractivity contribution is -0.371. The summed E-state index contributed by atoms with van der Waals surface area (Å²) in [6.07, 6.45) is 0. The predicted octanol–water partition coefficient (Wildman–Crippen LogP) is 4.64. The van der Waals surface area contributed by atoms with Crippen molar-refractivity contribution in [3.05, 3.63) is 89.2 Å². The minimum absolute atomic E-state index is 0.207. The number of H-pyrrole nitrogens is 1. The van der Waals surface area contributed by atoms with Crippen molar-refractivity contribution in [2.45, 2.75) is 19.9 Å². The second-order valence-electron chi connectivity index (χ2n) is 7.84. The van der Waals surface area contributed by atoms with Crippen LogP contribution in [-0.2, 0) is 0 Å². The molecule has 0 spiro atoms. The molecule has 2 heterocycles. The number of aromatic hydroxyl groups is 1. The SMILES string of the molecule is Cc1ccc2ccc([C@H](Nc3cccc(C)[nH+]3)c3ccc(N(C)C)cc3)c(O)c2n1. The molecule has 0 saturated carbocycles. The summed E-state index contributed by atoms with van der Waals surface area (Å²) >= 11 is 0. The number of aryl methyl sites for hydroxylation is 2. The molecule has 0 amide bonds. The Balaban J connectivity index is 1.84. The Labute approximate surface area is 177 Å². The summed E-state index contributed by atoms with van der Waals surface area (Å²) in [6, 6.07) is 22.1. The van der Waals surface area contributed by atoms with Gasteiger partial charge in [-0.15, -0.1) is 0 Å². The highest BCUT2D eigenvalue weighted by atomic mass is 16.3. The Morgan fingerprint density at radius 3 is 2.37 bits per heavy atom. The maximum Gasteiger partial charge on any atom is 0.273 e. The minimum Gasteiger partial charge on any atom is -0.505 e. The third kappa shape index (κ3) is 3.92. The molecule has 0 saturated heterocycles. The van der Waals surface area contributed by atoms with E-state index >= 15 is 0 Å². The number of anilines is 2. The first kappa shape index (κ1) is 19.7. The number of phenols is 1. The van der Waals surface area contributed by atoms with Crippen LogP contribution in [0.2, 0.25) is 0 Å². The molecule has 0 unspecified atom stereocenters. The quantitative estimate of drug-likeness (QED) is 0.513. The summed E-state index contributed by atoms with van der Waals surface area (Å²) in [5, 5.41) is 15.6. The van der Waals surface area contributed by atoms with Gasteiger partial charge in [-0.2, -0.15) is 0 Å². The fraction of sp³-hybridized carbons (Fsp3) is 0.200. The number of hydrogen-bond acceptors (Lipinski definition) is 4. The lowest BCUT2D eigenvalue weighted by atomic mass is 9.95. The van der Waals surface area contributed by atoms with Gasteiger partial charge in [0.25, 0.3) is 5.82 Å². The molecule has 3 N–H and O–H groups in total. The summed E-state index contributed by atoms with van der Waals surface area (Å²) in [4.78, 5) is 10.0. The average Bonchev–Trinajstić information content (AvgIpc) is 2.73. The number of rotatable bonds is 5. The molecule has 2 aromatic heterocycles. The van der Waals surface area contributed by atoms with Crippen LogP contribution < -0.4 is 15.2 Å². The molecule has 5 nitrogen and oxygen atoms in total. The number of fused-ring (bicyclic) bond motifs is 1. The van der Waals surface area contributed by atoms with Gasteiger partial charge in [-0.25, -0.2) is 9.97 Å². The number of phenolic OH excluding ortho intramolecular Hbond substituents is 1. The van der Waals surface area contributed by atoms with Crippen molar-refractivity contribution in [1.82, 2.24) is 4.98 Å². The largest absolute Gasteiger partial charge is 0.505 e. The maximum atomic E-state index is 11.2. The van der Waals surface area contributed by atoms with E-state index in [0.717, 1.165) is 39.4 Å². The molecular weight excluding hydrogens is 372 g/mol. The van der Waals surface area contributed by atoms with Crippen molar-refractivity contribution in [2.75, 3.05) is 24.3 Å². The highest BCUT2D eigenvalue weighted by Crippen LogP contribution is 2.36. The zero-order valence-electron chi connectivity index (χ0n) is 17.8. The van der Waals surface area contributed by atoms with E-state index in [1.165, 1.54) is 0 Å². The van der Waals surface area contributed by atoms with Crippen LogP contribution in [0.3, 0.4) is 0 Å². The molecule has 5 heteroatoms. The van der Waals surface area contributed by atoms with Gasteiger partial charge in [0.15, 0.2) is 0 Å². The molecule has 0 aliphatic rings. The highest BCUT2D eigenvalue weighted by molar-refractivity contribution is 5.86. The van der Waals surface area contributed by atoms with Crippen molar-refractivity contribution >= 4 is 22.4 Å². The molecular formula is C25H27N4O+. The monoisotopic (exact) mass is 399 g/mol. The number of nitrogens with one attached hydrogen (secondary N) is 2. The lowest BCUT2D eigenvalue weighted by Gasteiger charge is -2.19. The zero-order valence-corrected chi connectivity index (χ0v) is 17.8. The fourth-order valence-electron chi connectivity index (χ4n) is 3.65. The van der Waals surface area contributed by atoms with Crippen LogP contribution in [0.25, 0.3) is 10.9 Å². The van der Waals surface area contributed by atoms with Gasteiger partial charge in [0.2, 0.25) is 0 Å². The van der Waals surface area contributed by atoms with Crippen LogP contribution >= 0.6 is 0 Å². The first-order valence-electron chi connectivity index (χ1n) is 10.0. The number of nitrogens with zero attached hydrogens (tertiary/aromatic N) is 2.